The van der Waals surface area contributed by atoms with E-state index in [4.69, 9.17) is 16.3 Å². The van der Waals surface area contributed by atoms with Crippen LogP contribution in [0.5, 0.6) is 5.75 Å². The first-order valence-electron chi connectivity index (χ1n) is 10.1. The highest BCUT2D eigenvalue weighted by Gasteiger charge is 2.12. The van der Waals surface area contributed by atoms with Crippen molar-refractivity contribution in [2.24, 2.45) is 0 Å². The van der Waals surface area contributed by atoms with E-state index in [1.807, 2.05) is 61.7 Å². The summed E-state index contributed by atoms with van der Waals surface area (Å²) in [6.07, 6.45) is 3.88. The second kappa shape index (κ2) is 9.19. The van der Waals surface area contributed by atoms with E-state index in [1.54, 1.807) is 13.3 Å². The summed E-state index contributed by atoms with van der Waals surface area (Å²) in [7, 11) is 1.66. The number of ether oxygens (including phenoxy) is 1. The fourth-order valence-electron chi connectivity index (χ4n) is 3.72. The maximum absolute atomic E-state index is 12.5. The van der Waals surface area contributed by atoms with Crippen LogP contribution in [0.4, 0.5) is 0 Å². The number of methoxy groups -OCH3 is 1. The lowest BCUT2D eigenvalue weighted by Gasteiger charge is -2.13. The van der Waals surface area contributed by atoms with Gasteiger partial charge in [0.1, 0.15) is 5.75 Å². The number of aromatic nitrogens is 1. The largest absolute Gasteiger partial charge is 0.497 e. The Kier molecular flexibility index (Phi) is 6.19. The molecule has 4 aromatic rings. The van der Waals surface area contributed by atoms with Crippen LogP contribution < -0.4 is 10.1 Å². The Morgan fingerprint density at radius 1 is 1.03 bits per heavy atom. The Bertz CT molecular complexity index is 1250. The minimum absolute atomic E-state index is 0.0681. The molecule has 0 aliphatic heterocycles. The van der Waals surface area contributed by atoms with Crippen LogP contribution in [-0.2, 0) is 17.8 Å². The van der Waals surface area contributed by atoms with Crippen molar-refractivity contribution in [3.8, 4) is 16.9 Å². The Morgan fingerprint density at radius 2 is 1.87 bits per heavy atom. The van der Waals surface area contributed by atoms with Gasteiger partial charge in [0.15, 0.2) is 0 Å². The van der Waals surface area contributed by atoms with E-state index in [0.29, 0.717) is 11.6 Å². The standard InChI is InChI=1S/C26H23ClN2O2/c1-17-5-3-7-19(26(17)27)14-25(30)29-15-20-9-10-22(23-11-12-28-16-24(20)23)18-6-4-8-21(13-18)31-2/h3-13,16H,14-15H2,1-2H3,(H,29,30). The Morgan fingerprint density at radius 3 is 2.71 bits per heavy atom. The molecule has 156 valence electrons. The number of pyridine rings is 1. The van der Waals surface area contributed by atoms with E-state index >= 15 is 0 Å². The number of carbonyl (C=O) groups is 1. The maximum Gasteiger partial charge on any atom is 0.224 e. The van der Waals surface area contributed by atoms with E-state index in [1.165, 1.54) is 0 Å². The number of benzene rings is 3. The van der Waals surface area contributed by atoms with Gasteiger partial charge >= 0.3 is 0 Å². The number of fused-ring (bicyclic) bond motifs is 1. The van der Waals surface area contributed by atoms with Gasteiger partial charge in [-0.15, -0.1) is 0 Å². The molecule has 4 nitrogen and oxygen atoms in total. The number of nitrogens with zero attached hydrogens (tertiary/aromatic N) is 1. The molecule has 0 bridgehead atoms. The molecular formula is C26H23ClN2O2. The van der Waals surface area contributed by atoms with Crippen molar-refractivity contribution in [3.63, 3.8) is 0 Å². The summed E-state index contributed by atoms with van der Waals surface area (Å²) >= 11 is 6.33. The summed E-state index contributed by atoms with van der Waals surface area (Å²) in [5.74, 6) is 0.743. The summed E-state index contributed by atoms with van der Waals surface area (Å²) < 4.78 is 5.37. The number of hydrogen-bond donors (Lipinski definition) is 1. The monoisotopic (exact) mass is 430 g/mol. The molecule has 4 rings (SSSR count). The molecule has 0 saturated heterocycles. The van der Waals surface area contributed by atoms with Crippen molar-refractivity contribution < 1.29 is 9.53 Å². The summed E-state index contributed by atoms with van der Waals surface area (Å²) in [5, 5.41) is 5.76. The van der Waals surface area contributed by atoms with Crippen LogP contribution in [0.1, 0.15) is 16.7 Å². The molecule has 0 radical (unpaired) electrons. The van der Waals surface area contributed by atoms with Gasteiger partial charge in [-0.3, -0.25) is 9.78 Å². The lowest BCUT2D eigenvalue weighted by atomic mass is 9.96. The molecule has 1 heterocycles. The third-order valence-corrected chi connectivity index (χ3v) is 5.93. The Labute approximate surface area is 186 Å². The van der Waals surface area contributed by atoms with Crippen molar-refractivity contribution in [1.82, 2.24) is 10.3 Å². The topological polar surface area (TPSA) is 51.2 Å². The first-order chi connectivity index (χ1) is 15.1. The molecule has 5 heteroatoms. The molecule has 3 aromatic carbocycles. The fraction of sp³-hybridized carbons (Fsp3) is 0.154. The van der Waals surface area contributed by atoms with Gasteiger partial charge in [-0.05, 0) is 58.3 Å². The zero-order valence-corrected chi connectivity index (χ0v) is 18.2. The molecule has 0 unspecified atom stereocenters. The van der Waals surface area contributed by atoms with Gasteiger partial charge in [-0.25, -0.2) is 0 Å². The van der Waals surface area contributed by atoms with Gasteiger partial charge in [0.05, 0.1) is 13.5 Å². The number of rotatable bonds is 6. The molecule has 0 spiro atoms. The van der Waals surface area contributed by atoms with Crippen molar-refractivity contribution in [2.45, 2.75) is 19.9 Å². The second-order valence-corrected chi connectivity index (χ2v) is 7.80. The fourth-order valence-corrected chi connectivity index (χ4v) is 3.91. The van der Waals surface area contributed by atoms with E-state index in [2.05, 4.69) is 22.4 Å². The van der Waals surface area contributed by atoms with Crippen LogP contribution in [-0.4, -0.2) is 18.0 Å². The Hall–Kier alpha value is -3.37. The number of aryl methyl sites for hydroxylation is 1. The van der Waals surface area contributed by atoms with Gasteiger partial charge in [-0.2, -0.15) is 0 Å². The number of halogens is 1. The van der Waals surface area contributed by atoms with Crippen LogP contribution in [0, 0.1) is 6.92 Å². The van der Waals surface area contributed by atoms with Crippen molar-refractivity contribution in [1.29, 1.82) is 0 Å². The van der Waals surface area contributed by atoms with Gasteiger partial charge < -0.3 is 10.1 Å². The van der Waals surface area contributed by atoms with Crippen molar-refractivity contribution in [3.05, 3.63) is 94.8 Å². The van der Waals surface area contributed by atoms with Crippen LogP contribution in [0.25, 0.3) is 21.9 Å². The summed E-state index contributed by atoms with van der Waals surface area (Å²) in [5.41, 5.74) is 4.98. The highest BCUT2D eigenvalue weighted by molar-refractivity contribution is 6.32. The van der Waals surface area contributed by atoms with Crippen molar-refractivity contribution >= 4 is 28.3 Å². The number of nitrogens with one attached hydrogen (secondary N) is 1. The maximum atomic E-state index is 12.5. The smallest absolute Gasteiger partial charge is 0.224 e. The zero-order valence-electron chi connectivity index (χ0n) is 17.5. The first kappa shape index (κ1) is 20.9. The molecule has 31 heavy (non-hydrogen) atoms. The lowest BCUT2D eigenvalue weighted by Crippen LogP contribution is -2.24. The lowest BCUT2D eigenvalue weighted by molar-refractivity contribution is -0.120. The number of amides is 1. The SMILES string of the molecule is COc1cccc(-c2ccc(CNC(=O)Cc3cccc(C)c3Cl)c3cnccc23)c1. The minimum Gasteiger partial charge on any atom is -0.497 e. The molecule has 0 aliphatic rings. The minimum atomic E-state index is -0.0681. The normalized spacial score (nSPS) is 10.8. The van der Waals surface area contributed by atoms with Gasteiger partial charge in [0.25, 0.3) is 0 Å². The first-order valence-corrected chi connectivity index (χ1v) is 10.5. The molecule has 0 atom stereocenters. The van der Waals surface area contributed by atoms with Crippen LogP contribution in [0.2, 0.25) is 5.02 Å². The van der Waals surface area contributed by atoms with E-state index < -0.39 is 0 Å². The van der Waals surface area contributed by atoms with Crippen LogP contribution in [0.15, 0.2) is 73.1 Å². The summed E-state index contributed by atoms with van der Waals surface area (Å²) in [6.45, 7) is 2.36. The summed E-state index contributed by atoms with van der Waals surface area (Å²) in [4.78, 5) is 16.8. The quantitative estimate of drug-likeness (QED) is 0.425. The highest BCUT2D eigenvalue weighted by atomic mass is 35.5. The van der Waals surface area contributed by atoms with E-state index in [-0.39, 0.29) is 12.3 Å². The number of hydrogen-bond acceptors (Lipinski definition) is 3. The molecule has 0 saturated carbocycles. The van der Waals surface area contributed by atoms with Crippen LogP contribution >= 0.6 is 11.6 Å². The third-order valence-electron chi connectivity index (χ3n) is 5.39. The molecule has 1 aromatic heterocycles. The zero-order chi connectivity index (χ0) is 21.8. The average Bonchev–Trinajstić information content (AvgIpc) is 2.80. The van der Waals surface area contributed by atoms with Gasteiger partial charge in [0.2, 0.25) is 5.91 Å². The third kappa shape index (κ3) is 4.54. The molecule has 1 N–H and O–H groups in total. The predicted octanol–water partition coefficient (Wildman–Crippen LogP) is 5.73. The van der Waals surface area contributed by atoms with Crippen molar-refractivity contribution in [2.75, 3.05) is 7.11 Å². The average molecular weight is 431 g/mol. The molecular weight excluding hydrogens is 408 g/mol. The van der Waals surface area contributed by atoms with Gasteiger partial charge in [-0.1, -0.05) is 54.1 Å². The summed E-state index contributed by atoms with van der Waals surface area (Å²) in [6, 6.07) is 19.8. The molecule has 0 fully saturated rings. The molecule has 1 amide bonds. The van der Waals surface area contributed by atoms with Gasteiger partial charge in [0, 0.05) is 29.3 Å². The van der Waals surface area contributed by atoms with E-state index in [9.17, 15) is 4.79 Å². The van der Waals surface area contributed by atoms with Crippen LogP contribution in [0.3, 0.4) is 0 Å². The van der Waals surface area contributed by atoms with E-state index in [0.717, 1.165) is 44.3 Å². The second-order valence-electron chi connectivity index (χ2n) is 7.43. The Balaban J connectivity index is 1.58. The highest BCUT2D eigenvalue weighted by Crippen LogP contribution is 2.32. The number of carbonyl (C=O) groups excluding carboxylic acids is 1. The molecule has 0 aliphatic carbocycles. The predicted molar refractivity (Wildman–Crippen MR) is 125 cm³/mol.